The van der Waals surface area contributed by atoms with Crippen LogP contribution in [0.3, 0.4) is 0 Å². The first-order chi connectivity index (χ1) is 9.70. The van der Waals surface area contributed by atoms with Crippen molar-refractivity contribution >= 4 is 24.0 Å². The van der Waals surface area contributed by atoms with Gasteiger partial charge in [-0.15, -0.1) is 12.4 Å². The molecule has 1 aliphatic heterocycles. The number of benzene rings is 1. The van der Waals surface area contributed by atoms with Crippen LogP contribution in [0.4, 0.5) is 0 Å². The summed E-state index contributed by atoms with van der Waals surface area (Å²) in [5.74, 6) is 0. The molecule has 1 N–H and O–H groups in total. The first-order valence-electron chi connectivity index (χ1n) is 6.96. The van der Waals surface area contributed by atoms with Gasteiger partial charge in [-0.3, -0.25) is 4.90 Å². The van der Waals surface area contributed by atoms with E-state index >= 15 is 0 Å². The number of nitrogens with one attached hydrogen (secondary N) is 1. The number of aromatic nitrogens is 2. The molecule has 21 heavy (non-hydrogen) atoms. The van der Waals surface area contributed by atoms with Crippen LogP contribution in [-0.2, 0) is 6.54 Å². The van der Waals surface area contributed by atoms with Crippen molar-refractivity contribution < 1.29 is 0 Å². The molecule has 0 spiro atoms. The first kappa shape index (κ1) is 16.3. The highest BCUT2D eigenvalue weighted by atomic mass is 35.5. The SMILES string of the molecule is C[C@H]1CN(Cc2cnn(-c3ccc(Cl)cc3)c2)CCN1.Cl. The largest absolute Gasteiger partial charge is 0.312 e. The molecule has 0 bridgehead atoms. The quantitative estimate of drug-likeness (QED) is 0.941. The fraction of sp³-hybridized carbons (Fsp3) is 0.400. The number of halogens is 2. The normalized spacial score (nSPS) is 19.2. The Labute approximate surface area is 136 Å². The Hall–Kier alpha value is -1.07. The number of piperazine rings is 1. The average Bonchev–Trinajstić information content (AvgIpc) is 2.88. The van der Waals surface area contributed by atoms with Crippen LogP contribution in [0.25, 0.3) is 5.69 Å². The Bertz CT molecular complexity index is 567. The van der Waals surface area contributed by atoms with Crippen molar-refractivity contribution in [2.45, 2.75) is 19.5 Å². The summed E-state index contributed by atoms with van der Waals surface area (Å²) in [5.41, 5.74) is 2.28. The highest BCUT2D eigenvalue weighted by Crippen LogP contribution is 2.14. The zero-order valence-corrected chi connectivity index (χ0v) is 13.6. The van der Waals surface area contributed by atoms with E-state index in [-0.39, 0.29) is 12.4 Å². The Morgan fingerprint density at radius 2 is 2.10 bits per heavy atom. The lowest BCUT2D eigenvalue weighted by Crippen LogP contribution is -2.48. The van der Waals surface area contributed by atoms with Gasteiger partial charge in [0, 0.05) is 49.0 Å². The molecular weight excluding hydrogens is 307 g/mol. The van der Waals surface area contributed by atoms with Crippen molar-refractivity contribution in [1.29, 1.82) is 0 Å². The third-order valence-electron chi connectivity index (χ3n) is 3.59. The van der Waals surface area contributed by atoms with E-state index in [1.54, 1.807) is 0 Å². The highest BCUT2D eigenvalue weighted by molar-refractivity contribution is 6.30. The van der Waals surface area contributed by atoms with Gasteiger partial charge < -0.3 is 5.32 Å². The molecule has 1 atom stereocenters. The number of hydrogen-bond donors (Lipinski definition) is 1. The van der Waals surface area contributed by atoms with Gasteiger partial charge in [-0.1, -0.05) is 11.6 Å². The maximum absolute atomic E-state index is 5.90. The molecule has 1 fully saturated rings. The predicted octanol–water partition coefficient (Wildman–Crippen LogP) is 2.74. The van der Waals surface area contributed by atoms with Gasteiger partial charge in [0.25, 0.3) is 0 Å². The van der Waals surface area contributed by atoms with Crippen molar-refractivity contribution in [3.05, 3.63) is 47.2 Å². The molecule has 0 saturated carbocycles. The smallest absolute Gasteiger partial charge is 0.0646 e. The minimum Gasteiger partial charge on any atom is -0.312 e. The van der Waals surface area contributed by atoms with E-state index in [4.69, 9.17) is 11.6 Å². The second kappa shape index (κ2) is 7.27. The molecule has 114 valence electrons. The fourth-order valence-corrected chi connectivity index (χ4v) is 2.72. The molecule has 1 aromatic carbocycles. The lowest BCUT2D eigenvalue weighted by Gasteiger charge is -2.31. The second-order valence-electron chi connectivity index (χ2n) is 5.36. The molecule has 2 heterocycles. The lowest BCUT2D eigenvalue weighted by molar-refractivity contribution is 0.199. The summed E-state index contributed by atoms with van der Waals surface area (Å²) in [5, 5.41) is 8.64. The number of rotatable bonds is 3. The van der Waals surface area contributed by atoms with E-state index < -0.39 is 0 Å². The molecule has 6 heteroatoms. The molecule has 4 nitrogen and oxygen atoms in total. The van der Waals surface area contributed by atoms with Gasteiger partial charge in [0.1, 0.15) is 0 Å². The molecule has 0 amide bonds. The summed E-state index contributed by atoms with van der Waals surface area (Å²) in [6, 6.07) is 8.29. The predicted molar refractivity (Wildman–Crippen MR) is 88.6 cm³/mol. The minimum atomic E-state index is 0. The zero-order chi connectivity index (χ0) is 13.9. The van der Waals surface area contributed by atoms with Gasteiger partial charge in [0.05, 0.1) is 11.9 Å². The maximum atomic E-state index is 5.90. The Kier molecular flexibility index (Phi) is 5.65. The Morgan fingerprint density at radius 3 is 2.81 bits per heavy atom. The van der Waals surface area contributed by atoms with E-state index in [1.165, 1.54) is 5.56 Å². The van der Waals surface area contributed by atoms with Crippen molar-refractivity contribution in [2.24, 2.45) is 0 Å². The molecule has 1 aromatic heterocycles. The lowest BCUT2D eigenvalue weighted by atomic mass is 10.2. The van der Waals surface area contributed by atoms with E-state index in [9.17, 15) is 0 Å². The van der Waals surface area contributed by atoms with Crippen molar-refractivity contribution in [1.82, 2.24) is 20.0 Å². The van der Waals surface area contributed by atoms with Gasteiger partial charge in [-0.05, 0) is 31.2 Å². The van der Waals surface area contributed by atoms with Gasteiger partial charge in [-0.2, -0.15) is 5.10 Å². The third-order valence-corrected chi connectivity index (χ3v) is 3.84. The van der Waals surface area contributed by atoms with E-state index in [2.05, 4.69) is 28.4 Å². The highest BCUT2D eigenvalue weighted by Gasteiger charge is 2.16. The molecule has 2 aromatic rings. The van der Waals surface area contributed by atoms with E-state index in [0.29, 0.717) is 6.04 Å². The van der Waals surface area contributed by atoms with Gasteiger partial charge >= 0.3 is 0 Å². The Morgan fingerprint density at radius 1 is 1.33 bits per heavy atom. The molecule has 1 saturated heterocycles. The summed E-state index contributed by atoms with van der Waals surface area (Å²) in [6.07, 6.45) is 4.04. The molecule has 1 aliphatic rings. The number of nitrogens with zero attached hydrogens (tertiary/aromatic N) is 3. The van der Waals surface area contributed by atoms with Gasteiger partial charge in [0.2, 0.25) is 0 Å². The molecule has 3 rings (SSSR count). The standard InChI is InChI=1S/C15H19ClN4.ClH/c1-12-9-19(7-6-17-12)10-13-8-18-20(11-13)15-4-2-14(16)3-5-15;/h2-5,8,11-12,17H,6-7,9-10H2,1H3;1H/t12-;/m0./s1. The van der Waals surface area contributed by atoms with Crippen LogP contribution < -0.4 is 5.32 Å². The molecule has 0 radical (unpaired) electrons. The van der Waals surface area contributed by atoms with Crippen LogP contribution in [-0.4, -0.2) is 40.4 Å². The minimum absolute atomic E-state index is 0. The average molecular weight is 327 g/mol. The monoisotopic (exact) mass is 326 g/mol. The summed E-state index contributed by atoms with van der Waals surface area (Å²) in [4.78, 5) is 2.46. The summed E-state index contributed by atoms with van der Waals surface area (Å²) >= 11 is 5.90. The van der Waals surface area contributed by atoms with E-state index in [0.717, 1.165) is 36.9 Å². The summed E-state index contributed by atoms with van der Waals surface area (Å²) in [7, 11) is 0. The molecule has 0 aliphatic carbocycles. The zero-order valence-electron chi connectivity index (χ0n) is 12.0. The van der Waals surface area contributed by atoms with Gasteiger partial charge in [-0.25, -0.2) is 4.68 Å². The van der Waals surface area contributed by atoms with Gasteiger partial charge in [0.15, 0.2) is 0 Å². The summed E-state index contributed by atoms with van der Waals surface area (Å²) in [6.45, 7) is 6.43. The molecule has 0 unspecified atom stereocenters. The number of hydrogen-bond acceptors (Lipinski definition) is 3. The van der Waals surface area contributed by atoms with Crippen LogP contribution in [0.15, 0.2) is 36.7 Å². The topological polar surface area (TPSA) is 33.1 Å². The molecular formula is C15H20Cl2N4. The van der Waals surface area contributed by atoms with Crippen LogP contribution in [0.5, 0.6) is 0 Å². The fourth-order valence-electron chi connectivity index (χ4n) is 2.59. The Balaban J connectivity index is 0.00000161. The third kappa shape index (κ3) is 4.20. The van der Waals surface area contributed by atoms with Crippen molar-refractivity contribution in [2.75, 3.05) is 19.6 Å². The van der Waals surface area contributed by atoms with Crippen LogP contribution in [0.2, 0.25) is 5.02 Å². The summed E-state index contributed by atoms with van der Waals surface area (Å²) < 4.78 is 1.90. The van der Waals surface area contributed by atoms with Crippen LogP contribution >= 0.6 is 24.0 Å². The van der Waals surface area contributed by atoms with Crippen LogP contribution in [0.1, 0.15) is 12.5 Å². The second-order valence-corrected chi connectivity index (χ2v) is 5.80. The van der Waals surface area contributed by atoms with Crippen LogP contribution in [0, 0.1) is 0 Å². The van der Waals surface area contributed by atoms with Crippen molar-refractivity contribution in [3.63, 3.8) is 0 Å². The first-order valence-corrected chi connectivity index (χ1v) is 7.34. The van der Waals surface area contributed by atoms with E-state index in [1.807, 2.05) is 35.1 Å². The maximum Gasteiger partial charge on any atom is 0.0646 e. The van der Waals surface area contributed by atoms with Crippen molar-refractivity contribution in [3.8, 4) is 5.69 Å².